The summed E-state index contributed by atoms with van der Waals surface area (Å²) in [5, 5.41) is 0. The van der Waals surface area contributed by atoms with E-state index in [9.17, 15) is 4.79 Å². The molecule has 164 valence electrons. The van der Waals surface area contributed by atoms with Crippen LogP contribution >= 0.6 is 0 Å². The lowest BCUT2D eigenvalue weighted by Gasteiger charge is -2.41. The van der Waals surface area contributed by atoms with Crippen LogP contribution in [0.15, 0.2) is 18.2 Å². The van der Waals surface area contributed by atoms with Crippen molar-refractivity contribution in [2.75, 3.05) is 6.54 Å². The Labute approximate surface area is 180 Å². The molecule has 0 radical (unpaired) electrons. The Morgan fingerprint density at radius 2 is 1.80 bits per heavy atom. The van der Waals surface area contributed by atoms with Crippen molar-refractivity contribution in [3.63, 3.8) is 0 Å². The second-order valence-electron chi connectivity index (χ2n) is 10.8. The maximum Gasteiger partial charge on any atom is 0.494 e. The summed E-state index contributed by atoms with van der Waals surface area (Å²) >= 11 is 0. The molecule has 0 bridgehead atoms. The Kier molecular flexibility index (Phi) is 5.03. The van der Waals surface area contributed by atoms with E-state index in [2.05, 4.69) is 45.9 Å². The van der Waals surface area contributed by atoms with Crippen LogP contribution in [-0.4, -0.2) is 53.7 Å². The molecule has 0 N–H and O–H groups in total. The van der Waals surface area contributed by atoms with Gasteiger partial charge in [-0.2, -0.15) is 0 Å². The van der Waals surface area contributed by atoms with E-state index in [1.54, 1.807) is 0 Å². The highest BCUT2D eigenvalue weighted by atomic mass is 16.7. The van der Waals surface area contributed by atoms with E-state index in [1.165, 1.54) is 5.56 Å². The molecular formula is C23H34BNO5. The van der Waals surface area contributed by atoms with Gasteiger partial charge in [-0.05, 0) is 72.0 Å². The van der Waals surface area contributed by atoms with Gasteiger partial charge in [0, 0.05) is 6.42 Å². The molecule has 6 nitrogen and oxygen atoms in total. The number of ether oxygens (including phenoxy) is 2. The van der Waals surface area contributed by atoms with E-state index in [4.69, 9.17) is 18.8 Å². The summed E-state index contributed by atoms with van der Waals surface area (Å²) < 4.78 is 24.4. The van der Waals surface area contributed by atoms with Crippen LogP contribution in [0.3, 0.4) is 0 Å². The van der Waals surface area contributed by atoms with Crippen molar-refractivity contribution in [3.8, 4) is 0 Å². The first-order chi connectivity index (χ1) is 13.8. The van der Waals surface area contributed by atoms with Gasteiger partial charge in [-0.15, -0.1) is 0 Å². The summed E-state index contributed by atoms with van der Waals surface area (Å²) in [6.07, 6.45) is 0.382. The second-order valence-corrected chi connectivity index (χ2v) is 10.8. The molecule has 0 spiro atoms. The first-order valence-electron chi connectivity index (χ1n) is 10.9. The van der Waals surface area contributed by atoms with Crippen molar-refractivity contribution < 1.29 is 23.6 Å². The number of carbonyl (C=O) groups is 1. The molecule has 1 amide bonds. The van der Waals surface area contributed by atoms with E-state index in [0.717, 1.165) is 17.4 Å². The van der Waals surface area contributed by atoms with Crippen LogP contribution in [0, 0.1) is 0 Å². The molecule has 2 saturated heterocycles. The minimum absolute atomic E-state index is 0.0318. The summed E-state index contributed by atoms with van der Waals surface area (Å²) in [6, 6.07) is 6.17. The van der Waals surface area contributed by atoms with Crippen LogP contribution in [0.1, 0.15) is 72.6 Å². The number of hydrogen-bond acceptors (Lipinski definition) is 5. The van der Waals surface area contributed by atoms with E-state index >= 15 is 0 Å². The number of hydrogen-bond donors (Lipinski definition) is 0. The lowest BCUT2D eigenvalue weighted by atomic mass is 9.78. The van der Waals surface area contributed by atoms with E-state index in [-0.39, 0.29) is 35.5 Å². The topological polar surface area (TPSA) is 57.2 Å². The average molecular weight is 415 g/mol. The molecule has 30 heavy (non-hydrogen) atoms. The van der Waals surface area contributed by atoms with Crippen molar-refractivity contribution in [2.45, 2.75) is 96.9 Å². The van der Waals surface area contributed by atoms with Gasteiger partial charge >= 0.3 is 13.2 Å². The maximum absolute atomic E-state index is 12.9. The molecule has 2 heterocycles. The van der Waals surface area contributed by atoms with Crippen molar-refractivity contribution >= 4 is 18.7 Å². The fourth-order valence-electron chi connectivity index (χ4n) is 4.48. The molecule has 1 aliphatic carbocycles. The number of morpholine rings is 1. The first kappa shape index (κ1) is 21.7. The van der Waals surface area contributed by atoms with Gasteiger partial charge in [-0.25, -0.2) is 4.79 Å². The zero-order valence-corrected chi connectivity index (χ0v) is 19.4. The third-order valence-corrected chi connectivity index (χ3v) is 6.61. The number of amides is 1. The van der Waals surface area contributed by atoms with Crippen molar-refractivity contribution in [3.05, 3.63) is 29.3 Å². The lowest BCUT2D eigenvalue weighted by molar-refractivity contribution is -0.106. The normalized spacial score (nSPS) is 29.5. The van der Waals surface area contributed by atoms with Crippen LogP contribution < -0.4 is 5.46 Å². The minimum atomic E-state index is -0.532. The van der Waals surface area contributed by atoms with Gasteiger partial charge in [0.25, 0.3) is 0 Å². The van der Waals surface area contributed by atoms with E-state index in [0.29, 0.717) is 6.54 Å². The Bertz CT molecular complexity index is 830. The summed E-state index contributed by atoms with van der Waals surface area (Å²) in [5.41, 5.74) is 2.02. The third kappa shape index (κ3) is 3.76. The number of fused-ring (bicyclic) bond motifs is 3. The highest BCUT2D eigenvalue weighted by molar-refractivity contribution is 6.62. The number of carbonyl (C=O) groups excluding carboxylic acids is 1. The van der Waals surface area contributed by atoms with Gasteiger partial charge < -0.3 is 18.8 Å². The molecule has 0 aromatic heterocycles. The highest BCUT2D eigenvalue weighted by Gasteiger charge is 2.52. The molecule has 4 rings (SSSR count). The second kappa shape index (κ2) is 6.97. The Morgan fingerprint density at radius 3 is 2.40 bits per heavy atom. The minimum Gasteiger partial charge on any atom is -0.444 e. The van der Waals surface area contributed by atoms with E-state index in [1.807, 2.05) is 32.6 Å². The van der Waals surface area contributed by atoms with Gasteiger partial charge in [0.2, 0.25) is 0 Å². The number of benzene rings is 1. The highest BCUT2D eigenvalue weighted by Crippen LogP contribution is 2.42. The smallest absolute Gasteiger partial charge is 0.444 e. The molecule has 2 aliphatic heterocycles. The fraction of sp³-hybridized carbons (Fsp3) is 0.696. The standard InChI is InChI=1S/C23H34BNO5/c1-14-13-25(20(26)28-21(2,3)4)19-17-10-9-16(11-15(17)12-18(19)27-14)24-29-22(5,6)23(7,8)30-24/h9-11,14,18-19H,12-13H2,1-8H3/t14-,18+,19-/m0/s1. The van der Waals surface area contributed by atoms with Crippen LogP contribution in [0.2, 0.25) is 0 Å². The Morgan fingerprint density at radius 1 is 1.17 bits per heavy atom. The summed E-state index contributed by atoms with van der Waals surface area (Å²) in [5.74, 6) is 0. The molecule has 7 heteroatoms. The summed E-state index contributed by atoms with van der Waals surface area (Å²) in [6.45, 7) is 16.4. The quantitative estimate of drug-likeness (QED) is 0.656. The van der Waals surface area contributed by atoms with E-state index < -0.39 is 12.7 Å². The van der Waals surface area contributed by atoms with Gasteiger partial charge in [0.05, 0.1) is 36.0 Å². The zero-order valence-electron chi connectivity index (χ0n) is 19.4. The molecule has 3 atom stereocenters. The fourth-order valence-corrected chi connectivity index (χ4v) is 4.48. The Balaban J connectivity index is 1.61. The summed E-state index contributed by atoms with van der Waals surface area (Å²) in [7, 11) is -0.398. The largest absolute Gasteiger partial charge is 0.494 e. The van der Waals surface area contributed by atoms with Crippen molar-refractivity contribution in [1.29, 1.82) is 0 Å². The van der Waals surface area contributed by atoms with Crippen molar-refractivity contribution in [1.82, 2.24) is 4.90 Å². The lowest BCUT2D eigenvalue weighted by Crippen LogP contribution is -2.51. The predicted molar refractivity (Wildman–Crippen MR) is 116 cm³/mol. The molecule has 3 aliphatic rings. The van der Waals surface area contributed by atoms with Crippen molar-refractivity contribution in [2.24, 2.45) is 0 Å². The van der Waals surface area contributed by atoms with Crippen LogP contribution in [0.4, 0.5) is 4.79 Å². The van der Waals surface area contributed by atoms with Gasteiger partial charge in [0.15, 0.2) is 0 Å². The monoisotopic (exact) mass is 415 g/mol. The van der Waals surface area contributed by atoms with Gasteiger partial charge in [0.1, 0.15) is 5.60 Å². The molecule has 0 saturated carbocycles. The SMILES string of the molecule is C[C@H]1CN(C(=O)OC(C)(C)C)[C@H]2c3ccc(B4OC(C)(C)C(C)(C)O4)cc3C[C@H]2O1. The number of rotatable bonds is 1. The molecule has 0 unspecified atom stereocenters. The first-order valence-corrected chi connectivity index (χ1v) is 10.9. The van der Waals surface area contributed by atoms with Crippen LogP contribution in [0.5, 0.6) is 0 Å². The van der Waals surface area contributed by atoms with Crippen LogP contribution in [-0.2, 0) is 25.2 Å². The van der Waals surface area contributed by atoms with Gasteiger partial charge in [-0.3, -0.25) is 4.90 Å². The zero-order chi connectivity index (χ0) is 22.1. The van der Waals surface area contributed by atoms with Gasteiger partial charge in [-0.1, -0.05) is 18.2 Å². The molecule has 2 fully saturated rings. The molecule has 1 aromatic carbocycles. The third-order valence-electron chi connectivity index (χ3n) is 6.61. The molecule has 1 aromatic rings. The number of nitrogens with zero attached hydrogens (tertiary/aromatic N) is 1. The molecular weight excluding hydrogens is 381 g/mol. The average Bonchev–Trinajstić information content (AvgIpc) is 3.05. The van der Waals surface area contributed by atoms with Crippen LogP contribution in [0.25, 0.3) is 0 Å². The predicted octanol–water partition coefficient (Wildman–Crippen LogP) is 3.61. The maximum atomic E-state index is 12.9. The summed E-state index contributed by atoms with van der Waals surface area (Å²) in [4.78, 5) is 14.8. The Hall–Kier alpha value is -1.57.